The van der Waals surface area contributed by atoms with E-state index in [1.807, 2.05) is 31.3 Å². The SMILES string of the molecule is CNCC1CCCN(Cc2coc(-c3ccc(Cl)cc3)n2)C1. The molecular formula is C17H22ClN3O. The van der Waals surface area contributed by atoms with Crippen molar-refractivity contribution >= 4 is 11.6 Å². The fourth-order valence-corrected chi connectivity index (χ4v) is 3.21. The molecule has 5 heteroatoms. The predicted molar refractivity (Wildman–Crippen MR) is 88.9 cm³/mol. The number of oxazole rings is 1. The summed E-state index contributed by atoms with van der Waals surface area (Å²) in [5.74, 6) is 1.40. The molecule has 0 saturated carbocycles. The molecule has 0 bridgehead atoms. The van der Waals surface area contributed by atoms with Crippen molar-refractivity contribution in [3.8, 4) is 11.5 Å². The molecular weight excluding hydrogens is 298 g/mol. The second kappa shape index (κ2) is 7.27. The van der Waals surface area contributed by atoms with Gasteiger partial charge in [0.1, 0.15) is 6.26 Å². The Morgan fingerprint density at radius 3 is 2.95 bits per heavy atom. The average molecular weight is 320 g/mol. The molecule has 1 aliphatic rings. The number of halogens is 1. The molecule has 0 radical (unpaired) electrons. The molecule has 4 nitrogen and oxygen atoms in total. The van der Waals surface area contributed by atoms with E-state index < -0.39 is 0 Å². The number of hydrogen-bond donors (Lipinski definition) is 1. The van der Waals surface area contributed by atoms with Gasteiger partial charge in [0.15, 0.2) is 0 Å². The lowest BCUT2D eigenvalue weighted by atomic mass is 9.98. The quantitative estimate of drug-likeness (QED) is 0.916. The number of benzene rings is 1. The number of nitrogens with zero attached hydrogens (tertiary/aromatic N) is 2. The second-order valence-corrected chi connectivity index (χ2v) is 6.39. The first-order chi connectivity index (χ1) is 10.7. The maximum absolute atomic E-state index is 5.91. The third-order valence-electron chi connectivity index (χ3n) is 4.12. The van der Waals surface area contributed by atoms with Gasteiger partial charge in [0, 0.05) is 23.7 Å². The van der Waals surface area contributed by atoms with Gasteiger partial charge in [-0.15, -0.1) is 0 Å². The van der Waals surface area contributed by atoms with Gasteiger partial charge in [-0.25, -0.2) is 4.98 Å². The maximum atomic E-state index is 5.91. The summed E-state index contributed by atoms with van der Waals surface area (Å²) in [5.41, 5.74) is 1.96. The highest BCUT2D eigenvalue weighted by Crippen LogP contribution is 2.22. The Bertz CT molecular complexity index is 594. The molecule has 0 amide bonds. The van der Waals surface area contributed by atoms with Crippen LogP contribution < -0.4 is 5.32 Å². The zero-order valence-corrected chi connectivity index (χ0v) is 13.6. The van der Waals surface area contributed by atoms with Crippen LogP contribution >= 0.6 is 11.6 Å². The second-order valence-electron chi connectivity index (χ2n) is 5.95. The molecule has 118 valence electrons. The third-order valence-corrected chi connectivity index (χ3v) is 4.38. The molecule has 1 aromatic carbocycles. The minimum absolute atomic E-state index is 0.662. The van der Waals surface area contributed by atoms with Crippen molar-refractivity contribution in [2.75, 3.05) is 26.7 Å². The van der Waals surface area contributed by atoms with Crippen molar-refractivity contribution in [1.82, 2.24) is 15.2 Å². The Hall–Kier alpha value is -1.36. The van der Waals surface area contributed by atoms with Gasteiger partial charge in [-0.1, -0.05) is 11.6 Å². The number of rotatable bonds is 5. The standard InChI is InChI=1S/C17H22ClN3O/c1-19-9-13-3-2-8-21(10-13)11-16-12-22-17(20-16)14-4-6-15(18)7-5-14/h4-7,12-13,19H,2-3,8-11H2,1H3. The molecule has 1 unspecified atom stereocenters. The van der Waals surface area contributed by atoms with Crippen LogP contribution in [-0.2, 0) is 6.54 Å². The highest BCUT2D eigenvalue weighted by Gasteiger charge is 2.20. The van der Waals surface area contributed by atoms with Gasteiger partial charge in [0.05, 0.1) is 5.69 Å². The van der Waals surface area contributed by atoms with Crippen molar-refractivity contribution < 1.29 is 4.42 Å². The largest absolute Gasteiger partial charge is 0.444 e. The molecule has 0 spiro atoms. The van der Waals surface area contributed by atoms with Crippen LogP contribution in [0.15, 0.2) is 34.9 Å². The van der Waals surface area contributed by atoms with E-state index in [-0.39, 0.29) is 0 Å². The first kappa shape index (κ1) is 15.5. The number of aromatic nitrogens is 1. The lowest BCUT2D eigenvalue weighted by Gasteiger charge is -2.32. The fraction of sp³-hybridized carbons (Fsp3) is 0.471. The van der Waals surface area contributed by atoms with E-state index in [1.54, 1.807) is 6.26 Å². The Labute approximate surface area is 136 Å². The van der Waals surface area contributed by atoms with Crippen molar-refractivity contribution in [3.63, 3.8) is 0 Å². The van der Waals surface area contributed by atoms with E-state index in [0.717, 1.165) is 48.4 Å². The Kier molecular flexibility index (Phi) is 5.13. The van der Waals surface area contributed by atoms with E-state index in [0.29, 0.717) is 5.89 Å². The van der Waals surface area contributed by atoms with Gasteiger partial charge < -0.3 is 9.73 Å². The van der Waals surface area contributed by atoms with E-state index in [2.05, 4.69) is 15.2 Å². The average Bonchev–Trinajstić information content (AvgIpc) is 2.97. The van der Waals surface area contributed by atoms with E-state index >= 15 is 0 Å². The number of hydrogen-bond acceptors (Lipinski definition) is 4. The molecule has 1 N–H and O–H groups in total. The van der Waals surface area contributed by atoms with Crippen LogP contribution in [0.3, 0.4) is 0 Å². The predicted octanol–water partition coefficient (Wildman–Crippen LogP) is 3.43. The zero-order chi connectivity index (χ0) is 15.4. The molecule has 3 rings (SSSR count). The van der Waals surface area contributed by atoms with Crippen LogP contribution in [0.5, 0.6) is 0 Å². The van der Waals surface area contributed by atoms with E-state index in [9.17, 15) is 0 Å². The summed E-state index contributed by atoms with van der Waals surface area (Å²) >= 11 is 5.91. The highest BCUT2D eigenvalue weighted by atomic mass is 35.5. The van der Waals surface area contributed by atoms with Crippen LogP contribution in [0.4, 0.5) is 0 Å². The summed E-state index contributed by atoms with van der Waals surface area (Å²) in [7, 11) is 2.02. The van der Waals surface area contributed by atoms with Crippen LogP contribution in [0.2, 0.25) is 5.02 Å². The lowest BCUT2D eigenvalue weighted by molar-refractivity contribution is 0.165. The maximum Gasteiger partial charge on any atom is 0.226 e. The Morgan fingerprint density at radius 2 is 2.18 bits per heavy atom. The lowest BCUT2D eigenvalue weighted by Crippen LogP contribution is -2.38. The van der Waals surface area contributed by atoms with E-state index in [4.69, 9.17) is 16.0 Å². The van der Waals surface area contributed by atoms with Crippen LogP contribution in [0.25, 0.3) is 11.5 Å². The van der Waals surface area contributed by atoms with Gasteiger partial charge >= 0.3 is 0 Å². The minimum atomic E-state index is 0.662. The number of likely N-dealkylation sites (tertiary alicyclic amines) is 1. The molecule has 2 heterocycles. The fourth-order valence-electron chi connectivity index (χ4n) is 3.08. The first-order valence-electron chi connectivity index (χ1n) is 7.82. The summed E-state index contributed by atoms with van der Waals surface area (Å²) in [6.07, 6.45) is 4.34. The molecule has 1 aromatic heterocycles. The Morgan fingerprint density at radius 1 is 1.36 bits per heavy atom. The number of nitrogens with one attached hydrogen (secondary N) is 1. The van der Waals surface area contributed by atoms with Gasteiger partial charge in [0.25, 0.3) is 0 Å². The minimum Gasteiger partial charge on any atom is -0.444 e. The Balaban J connectivity index is 1.63. The summed E-state index contributed by atoms with van der Waals surface area (Å²) in [6, 6.07) is 7.57. The van der Waals surface area contributed by atoms with Crippen molar-refractivity contribution in [2.24, 2.45) is 5.92 Å². The normalized spacial score (nSPS) is 19.5. The van der Waals surface area contributed by atoms with Crippen LogP contribution in [0.1, 0.15) is 18.5 Å². The third kappa shape index (κ3) is 3.88. The number of piperidine rings is 1. The molecule has 2 aromatic rings. The molecule has 1 fully saturated rings. The van der Waals surface area contributed by atoms with Crippen LogP contribution in [-0.4, -0.2) is 36.6 Å². The van der Waals surface area contributed by atoms with Crippen molar-refractivity contribution in [1.29, 1.82) is 0 Å². The van der Waals surface area contributed by atoms with Gasteiger partial charge in [-0.05, 0) is 63.2 Å². The molecule has 22 heavy (non-hydrogen) atoms. The summed E-state index contributed by atoms with van der Waals surface area (Å²) in [6.45, 7) is 4.22. The van der Waals surface area contributed by atoms with Crippen LogP contribution in [0, 0.1) is 5.92 Å². The summed E-state index contributed by atoms with van der Waals surface area (Å²) < 4.78 is 5.61. The summed E-state index contributed by atoms with van der Waals surface area (Å²) in [4.78, 5) is 7.08. The molecule has 1 atom stereocenters. The molecule has 1 saturated heterocycles. The van der Waals surface area contributed by atoms with Gasteiger partial charge in [0.2, 0.25) is 5.89 Å². The zero-order valence-electron chi connectivity index (χ0n) is 12.9. The highest BCUT2D eigenvalue weighted by molar-refractivity contribution is 6.30. The van der Waals surface area contributed by atoms with Gasteiger partial charge in [-0.2, -0.15) is 0 Å². The van der Waals surface area contributed by atoms with Gasteiger partial charge in [-0.3, -0.25) is 4.90 Å². The topological polar surface area (TPSA) is 41.3 Å². The summed E-state index contributed by atoms with van der Waals surface area (Å²) in [5, 5.41) is 4.00. The molecule has 1 aliphatic heterocycles. The van der Waals surface area contributed by atoms with E-state index in [1.165, 1.54) is 12.8 Å². The van der Waals surface area contributed by atoms with Crippen molar-refractivity contribution in [3.05, 3.63) is 41.2 Å². The smallest absolute Gasteiger partial charge is 0.226 e. The first-order valence-corrected chi connectivity index (χ1v) is 8.19. The monoisotopic (exact) mass is 319 g/mol. The molecule has 0 aliphatic carbocycles. The van der Waals surface area contributed by atoms with Crippen molar-refractivity contribution in [2.45, 2.75) is 19.4 Å².